The molecular weight excluding hydrogens is 355 g/mol. The average Bonchev–Trinajstić information content (AvgIpc) is 2.74. The highest BCUT2D eigenvalue weighted by Gasteiger charge is 2.32. The van der Waals surface area contributed by atoms with Crippen LogP contribution in [0.1, 0.15) is 6.92 Å². The number of fused-ring (bicyclic) bond motifs is 1. The fourth-order valence-electron chi connectivity index (χ4n) is 3.06. The molecule has 5 heteroatoms. The quantitative estimate of drug-likeness (QED) is 0.481. The molecule has 3 aromatic carbocycles. The Labute approximate surface area is 158 Å². The Bertz CT molecular complexity index is 1110. The van der Waals surface area contributed by atoms with E-state index in [9.17, 15) is 4.57 Å². The first-order valence-corrected chi connectivity index (χ1v) is 10.5. The van der Waals surface area contributed by atoms with Crippen molar-refractivity contribution in [1.82, 2.24) is 9.97 Å². The van der Waals surface area contributed by atoms with Crippen LogP contribution in [0.3, 0.4) is 0 Å². The van der Waals surface area contributed by atoms with Gasteiger partial charge in [0.05, 0.1) is 12.1 Å². The van der Waals surface area contributed by atoms with Gasteiger partial charge in [0.2, 0.25) is 0 Å². The van der Waals surface area contributed by atoms with Gasteiger partial charge in [-0.3, -0.25) is 4.57 Å². The van der Waals surface area contributed by atoms with E-state index in [0.717, 1.165) is 16.5 Å². The molecule has 4 nitrogen and oxygen atoms in total. The second-order valence-corrected chi connectivity index (χ2v) is 8.36. The van der Waals surface area contributed by atoms with Gasteiger partial charge in [-0.1, -0.05) is 66.7 Å². The Morgan fingerprint density at radius 1 is 0.815 bits per heavy atom. The standard InChI is InChI=1S/C22H19N2O2P/c1-2-26-27(25,18-13-7-4-8-14-18)22-19-15-9-10-16-20(19)23-21(24-22)17-11-5-3-6-12-17/h3-16H,2H2,1H3. The first-order chi connectivity index (χ1) is 13.2. The first-order valence-electron chi connectivity index (χ1n) is 8.85. The van der Waals surface area contributed by atoms with Crippen LogP contribution >= 0.6 is 7.37 Å². The summed E-state index contributed by atoms with van der Waals surface area (Å²) in [4.78, 5) is 9.42. The number of hydrogen-bond donors (Lipinski definition) is 0. The first kappa shape index (κ1) is 17.6. The Balaban J connectivity index is 2.03. The predicted octanol–water partition coefficient (Wildman–Crippen LogP) is 4.56. The summed E-state index contributed by atoms with van der Waals surface area (Å²) in [6, 6.07) is 26.6. The summed E-state index contributed by atoms with van der Waals surface area (Å²) >= 11 is 0. The molecule has 0 bridgehead atoms. The van der Waals surface area contributed by atoms with Gasteiger partial charge in [0.1, 0.15) is 5.44 Å². The van der Waals surface area contributed by atoms with Crippen molar-refractivity contribution in [1.29, 1.82) is 0 Å². The molecule has 4 rings (SSSR count). The van der Waals surface area contributed by atoms with Crippen molar-refractivity contribution in [2.75, 3.05) is 6.61 Å². The third-order valence-electron chi connectivity index (χ3n) is 4.30. The number of nitrogens with zero attached hydrogens (tertiary/aromatic N) is 2. The number of hydrogen-bond acceptors (Lipinski definition) is 4. The Morgan fingerprint density at radius 3 is 2.15 bits per heavy atom. The highest BCUT2D eigenvalue weighted by Crippen LogP contribution is 2.45. The van der Waals surface area contributed by atoms with E-state index in [1.807, 2.05) is 91.9 Å². The van der Waals surface area contributed by atoms with Gasteiger partial charge in [-0.15, -0.1) is 0 Å². The van der Waals surface area contributed by atoms with Crippen molar-refractivity contribution in [3.05, 3.63) is 84.9 Å². The molecule has 0 saturated heterocycles. The number of aromatic nitrogens is 2. The van der Waals surface area contributed by atoms with Crippen LogP contribution in [0.25, 0.3) is 22.3 Å². The third kappa shape index (κ3) is 3.30. The van der Waals surface area contributed by atoms with Gasteiger partial charge in [-0.25, -0.2) is 9.97 Å². The molecule has 1 unspecified atom stereocenters. The lowest BCUT2D eigenvalue weighted by atomic mass is 10.2. The van der Waals surface area contributed by atoms with E-state index in [1.165, 1.54) is 0 Å². The van der Waals surface area contributed by atoms with Crippen LogP contribution in [0.4, 0.5) is 0 Å². The van der Waals surface area contributed by atoms with Crippen LogP contribution in [-0.2, 0) is 9.09 Å². The van der Waals surface area contributed by atoms with E-state index in [1.54, 1.807) is 0 Å². The van der Waals surface area contributed by atoms with E-state index < -0.39 is 7.37 Å². The molecule has 0 amide bonds. The van der Waals surface area contributed by atoms with Crippen molar-refractivity contribution in [3.8, 4) is 11.4 Å². The van der Waals surface area contributed by atoms with Gasteiger partial charge in [0.15, 0.2) is 5.82 Å². The van der Waals surface area contributed by atoms with Gasteiger partial charge < -0.3 is 4.52 Å². The molecule has 1 aromatic heterocycles. The fraction of sp³-hybridized carbons (Fsp3) is 0.0909. The minimum atomic E-state index is -3.37. The van der Waals surface area contributed by atoms with Gasteiger partial charge >= 0.3 is 0 Å². The van der Waals surface area contributed by atoms with Crippen molar-refractivity contribution in [3.63, 3.8) is 0 Å². The number of benzene rings is 3. The molecule has 134 valence electrons. The number of rotatable bonds is 5. The van der Waals surface area contributed by atoms with Gasteiger partial charge in [0.25, 0.3) is 7.37 Å². The van der Waals surface area contributed by atoms with Gasteiger partial charge in [-0.05, 0) is 25.1 Å². The lowest BCUT2D eigenvalue weighted by Gasteiger charge is -2.20. The maximum absolute atomic E-state index is 14.1. The molecule has 4 aromatic rings. The molecule has 0 aliphatic carbocycles. The normalized spacial score (nSPS) is 13.4. The minimum Gasteiger partial charge on any atom is -0.321 e. The van der Waals surface area contributed by atoms with Crippen LogP contribution in [0.2, 0.25) is 0 Å². The summed E-state index contributed by atoms with van der Waals surface area (Å²) in [6.45, 7) is 2.17. The zero-order chi connectivity index (χ0) is 18.7. The second kappa shape index (κ2) is 7.43. The van der Waals surface area contributed by atoms with Crippen LogP contribution in [0, 0.1) is 0 Å². The molecule has 0 saturated carbocycles. The SMILES string of the molecule is CCOP(=O)(c1ccccc1)c1nc(-c2ccccc2)nc2ccccc12. The molecule has 1 atom stereocenters. The molecule has 1 heterocycles. The zero-order valence-corrected chi connectivity index (χ0v) is 15.8. The molecule has 27 heavy (non-hydrogen) atoms. The van der Waals surface area contributed by atoms with Crippen molar-refractivity contribution in [2.24, 2.45) is 0 Å². The Kier molecular flexibility index (Phi) is 4.85. The summed E-state index contributed by atoms with van der Waals surface area (Å²) in [7, 11) is -3.37. The molecule has 0 spiro atoms. The van der Waals surface area contributed by atoms with Gasteiger partial charge in [0, 0.05) is 16.3 Å². The monoisotopic (exact) mass is 374 g/mol. The molecule has 0 aliphatic heterocycles. The summed E-state index contributed by atoms with van der Waals surface area (Å²) in [6.07, 6.45) is 0. The maximum atomic E-state index is 14.1. The summed E-state index contributed by atoms with van der Waals surface area (Å²) in [5.41, 5.74) is 2.07. The fourth-order valence-corrected chi connectivity index (χ4v) is 5.24. The summed E-state index contributed by atoms with van der Waals surface area (Å²) in [5.74, 6) is 0.542. The van der Waals surface area contributed by atoms with Crippen molar-refractivity contribution >= 4 is 29.0 Å². The van der Waals surface area contributed by atoms with Crippen LogP contribution < -0.4 is 10.7 Å². The van der Waals surface area contributed by atoms with E-state index >= 15 is 0 Å². The Hall–Kier alpha value is -2.81. The van der Waals surface area contributed by atoms with E-state index in [4.69, 9.17) is 9.51 Å². The summed E-state index contributed by atoms with van der Waals surface area (Å²) in [5, 5.41) is 1.38. The Morgan fingerprint density at radius 2 is 1.44 bits per heavy atom. The van der Waals surface area contributed by atoms with Crippen LogP contribution in [-0.4, -0.2) is 16.6 Å². The highest BCUT2D eigenvalue weighted by molar-refractivity contribution is 7.74. The summed E-state index contributed by atoms with van der Waals surface area (Å²) < 4.78 is 20.0. The van der Waals surface area contributed by atoms with Crippen LogP contribution in [0.5, 0.6) is 0 Å². The van der Waals surface area contributed by atoms with Crippen LogP contribution in [0.15, 0.2) is 84.9 Å². The smallest absolute Gasteiger partial charge is 0.279 e. The van der Waals surface area contributed by atoms with E-state index in [0.29, 0.717) is 23.2 Å². The lowest BCUT2D eigenvalue weighted by Crippen LogP contribution is -2.23. The molecule has 0 fully saturated rings. The topological polar surface area (TPSA) is 52.1 Å². The number of para-hydroxylation sites is 1. The maximum Gasteiger partial charge on any atom is 0.279 e. The predicted molar refractivity (Wildman–Crippen MR) is 110 cm³/mol. The molecule has 0 radical (unpaired) electrons. The van der Waals surface area contributed by atoms with Crippen molar-refractivity contribution < 1.29 is 9.09 Å². The van der Waals surface area contributed by atoms with Gasteiger partial charge in [-0.2, -0.15) is 0 Å². The third-order valence-corrected chi connectivity index (χ3v) is 6.80. The lowest BCUT2D eigenvalue weighted by molar-refractivity contribution is 0.347. The van der Waals surface area contributed by atoms with E-state index in [-0.39, 0.29) is 0 Å². The molecule has 0 aliphatic rings. The average molecular weight is 374 g/mol. The van der Waals surface area contributed by atoms with E-state index in [2.05, 4.69) is 4.98 Å². The molecule has 0 N–H and O–H groups in total. The largest absolute Gasteiger partial charge is 0.321 e. The van der Waals surface area contributed by atoms with Crippen molar-refractivity contribution in [2.45, 2.75) is 6.92 Å². The second-order valence-electron chi connectivity index (χ2n) is 6.06. The highest BCUT2D eigenvalue weighted by atomic mass is 31.2. The molecular formula is C22H19N2O2P. The zero-order valence-electron chi connectivity index (χ0n) is 14.9. The minimum absolute atomic E-state index is 0.325.